The van der Waals surface area contributed by atoms with E-state index in [4.69, 9.17) is 10.7 Å². The number of hydrogen-bond acceptors (Lipinski definition) is 3. The summed E-state index contributed by atoms with van der Waals surface area (Å²) in [6.45, 7) is 0. The van der Waals surface area contributed by atoms with Crippen LogP contribution in [0.5, 0.6) is 0 Å². The Morgan fingerprint density at radius 3 is 2.75 bits per heavy atom. The molecule has 6 heteroatoms. The van der Waals surface area contributed by atoms with Crippen LogP contribution in [0.4, 0.5) is 0 Å². The van der Waals surface area contributed by atoms with Gasteiger partial charge < -0.3 is 0 Å². The Morgan fingerprint density at radius 2 is 2.25 bits per heavy atom. The number of hydrogen-bond donors (Lipinski definition) is 1. The molecule has 1 aromatic rings. The Bertz CT molecular complexity index is 393. The van der Waals surface area contributed by atoms with Gasteiger partial charge in [-0.1, -0.05) is 0 Å². The smallest absolute Gasteiger partial charge is 0.264 e. The molecule has 0 bridgehead atoms. The molecule has 0 aliphatic heterocycles. The highest BCUT2D eigenvalue weighted by atomic mass is 35.7. The lowest BCUT2D eigenvalue weighted by Crippen LogP contribution is -1.93. The Hall–Kier alpha value is -0.550. The molecule has 0 radical (unpaired) electrons. The Morgan fingerprint density at radius 1 is 1.58 bits per heavy atom. The first-order valence-electron chi connectivity index (χ1n) is 3.57. The van der Waals surface area contributed by atoms with Crippen LogP contribution in [0.25, 0.3) is 0 Å². The standard InChI is InChI=1S/C6H7ClN2O2S/c7-12(10,11)5-3-8-9-6(5)4-1-2-4/h3-4H,1-2H2,(H,8,9). The summed E-state index contributed by atoms with van der Waals surface area (Å²) in [5.74, 6) is 0.316. The number of aromatic amines is 1. The zero-order chi connectivity index (χ0) is 8.77. The molecule has 0 saturated heterocycles. The summed E-state index contributed by atoms with van der Waals surface area (Å²) in [5, 5.41) is 6.32. The summed E-state index contributed by atoms with van der Waals surface area (Å²) in [4.78, 5) is 0.131. The fourth-order valence-corrected chi connectivity index (χ4v) is 2.17. The molecule has 1 aromatic heterocycles. The quantitative estimate of drug-likeness (QED) is 0.740. The lowest BCUT2D eigenvalue weighted by Gasteiger charge is -1.94. The predicted octanol–water partition coefficient (Wildman–Crippen LogP) is 1.21. The van der Waals surface area contributed by atoms with Gasteiger partial charge in [-0.15, -0.1) is 0 Å². The highest BCUT2D eigenvalue weighted by molar-refractivity contribution is 8.13. The third-order valence-electron chi connectivity index (χ3n) is 1.88. The molecule has 1 N–H and O–H groups in total. The van der Waals surface area contributed by atoms with E-state index in [-0.39, 0.29) is 4.90 Å². The first-order valence-corrected chi connectivity index (χ1v) is 5.88. The molecule has 1 aliphatic carbocycles. The summed E-state index contributed by atoms with van der Waals surface area (Å²) < 4.78 is 21.9. The summed E-state index contributed by atoms with van der Waals surface area (Å²) in [6.07, 6.45) is 3.29. The van der Waals surface area contributed by atoms with E-state index < -0.39 is 9.05 Å². The molecule has 0 unspecified atom stereocenters. The van der Waals surface area contributed by atoms with Crippen LogP contribution in [0, 0.1) is 0 Å². The van der Waals surface area contributed by atoms with Gasteiger partial charge >= 0.3 is 0 Å². The van der Waals surface area contributed by atoms with Crippen LogP contribution >= 0.6 is 10.7 Å². The molecule has 1 aliphatic rings. The predicted molar refractivity (Wildman–Crippen MR) is 43.6 cm³/mol. The van der Waals surface area contributed by atoms with Crippen LogP contribution in [0.15, 0.2) is 11.1 Å². The average Bonchev–Trinajstić information content (AvgIpc) is 2.65. The van der Waals surface area contributed by atoms with Crippen LogP contribution < -0.4 is 0 Å². The van der Waals surface area contributed by atoms with Gasteiger partial charge in [0.1, 0.15) is 4.90 Å². The summed E-state index contributed by atoms with van der Waals surface area (Å²) in [5.41, 5.74) is 0.657. The molecule has 4 nitrogen and oxygen atoms in total. The van der Waals surface area contributed by atoms with Gasteiger partial charge in [0.25, 0.3) is 9.05 Å². The Labute approximate surface area is 74.4 Å². The molecule has 0 amide bonds. The van der Waals surface area contributed by atoms with E-state index >= 15 is 0 Å². The monoisotopic (exact) mass is 206 g/mol. The van der Waals surface area contributed by atoms with Crippen molar-refractivity contribution in [1.29, 1.82) is 0 Å². The molecule has 0 atom stereocenters. The SMILES string of the molecule is O=S(=O)(Cl)c1cn[nH]c1C1CC1. The van der Waals surface area contributed by atoms with E-state index in [9.17, 15) is 8.42 Å². The molecule has 1 fully saturated rings. The van der Waals surface area contributed by atoms with Crippen LogP contribution in [0.1, 0.15) is 24.5 Å². The Balaban J connectivity index is 2.49. The third-order valence-corrected chi connectivity index (χ3v) is 3.23. The topological polar surface area (TPSA) is 62.8 Å². The van der Waals surface area contributed by atoms with E-state index in [1.807, 2.05) is 0 Å². The highest BCUT2D eigenvalue weighted by Crippen LogP contribution is 2.42. The van der Waals surface area contributed by atoms with Crippen molar-refractivity contribution in [2.24, 2.45) is 0 Å². The summed E-state index contributed by atoms with van der Waals surface area (Å²) >= 11 is 0. The van der Waals surface area contributed by atoms with Crippen molar-refractivity contribution in [1.82, 2.24) is 10.2 Å². The number of H-pyrrole nitrogens is 1. The van der Waals surface area contributed by atoms with Crippen molar-refractivity contribution in [3.05, 3.63) is 11.9 Å². The minimum atomic E-state index is -3.62. The van der Waals surface area contributed by atoms with Gasteiger partial charge in [-0.05, 0) is 12.8 Å². The maximum absolute atomic E-state index is 11.0. The van der Waals surface area contributed by atoms with Crippen molar-refractivity contribution in [3.63, 3.8) is 0 Å². The minimum Gasteiger partial charge on any atom is -0.281 e. The van der Waals surface area contributed by atoms with Gasteiger partial charge in [0.15, 0.2) is 0 Å². The van der Waals surface area contributed by atoms with Crippen molar-refractivity contribution in [2.45, 2.75) is 23.7 Å². The Kier molecular flexibility index (Phi) is 1.66. The second-order valence-corrected chi connectivity index (χ2v) is 5.39. The van der Waals surface area contributed by atoms with Gasteiger partial charge in [0.2, 0.25) is 0 Å². The van der Waals surface area contributed by atoms with Crippen LogP contribution in [0.3, 0.4) is 0 Å². The highest BCUT2D eigenvalue weighted by Gasteiger charge is 2.31. The number of nitrogens with zero attached hydrogens (tertiary/aromatic N) is 1. The maximum atomic E-state index is 11.0. The van der Waals surface area contributed by atoms with Crippen molar-refractivity contribution in [3.8, 4) is 0 Å². The number of aromatic nitrogens is 2. The van der Waals surface area contributed by atoms with Gasteiger partial charge in [0.05, 0.1) is 11.9 Å². The van der Waals surface area contributed by atoms with Gasteiger partial charge in [-0.2, -0.15) is 5.10 Å². The number of nitrogens with one attached hydrogen (secondary N) is 1. The molecule has 0 aromatic carbocycles. The molecule has 0 spiro atoms. The summed E-state index contributed by atoms with van der Waals surface area (Å²) in [6, 6.07) is 0. The van der Waals surface area contributed by atoms with Crippen LogP contribution in [0.2, 0.25) is 0 Å². The van der Waals surface area contributed by atoms with Gasteiger partial charge in [0, 0.05) is 16.6 Å². The zero-order valence-corrected chi connectivity index (χ0v) is 7.69. The van der Waals surface area contributed by atoms with E-state index in [1.54, 1.807) is 0 Å². The number of rotatable bonds is 2. The lowest BCUT2D eigenvalue weighted by molar-refractivity contribution is 0.608. The third kappa shape index (κ3) is 1.34. The van der Waals surface area contributed by atoms with Gasteiger partial charge in [-0.25, -0.2) is 8.42 Å². The second kappa shape index (κ2) is 2.47. The molecule has 2 rings (SSSR count). The largest absolute Gasteiger partial charge is 0.281 e. The van der Waals surface area contributed by atoms with E-state index in [0.717, 1.165) is 12.8 Å². The van der Waals surface area contributed by atoms with E-state index in [1.165, 1.54) is 6.20 Å². The first kappa shape index (κ1) is 8.07. The fraction of sp³-hybridized carbons (Fsp3) is 0.500. The fourth-order valence-electron chi connectivity index (χ4n) is 1.14. The lowest BCUT2D eigenvalue weighted by atomic mass is 10.3. The first-order chi connectivity index (χ1) is 5.59. The van der Waals surface area contributed by atoms with Crippen molar-refractivity contribution >= 4 is 19.7 Å². The second-order valence-electron chi connectivity index (χ2n) is 2.86. The van der Waals surface area contributed by atoms with Crippen molar-refractivity contribution in [2.75, 3.05) is 0 Å². The van der Waals surface area contributed by atoms with Crippen LogP contribution in [-0.2, 0) is 9.05 Å². The summed E-state index contributed by atoms with van der Waals surface area (Å²) in [7, 11) is 1.57. The van der Waals surface area contributed by atoms with E-state index in [2.05, 4.69) is 10.2 Å². The van der Waals surface area contributed by atoms with Crippen molar-refractivity contribution < 1.29 is 8.42 Å². The number of halogens is 1. The molecule has 1 heterocycles. The maximum Gasteiger partial charge on any atom is 0.264 e. The van der Waals surface area contributed by atoms with Crippen LogP contribution in [-0.4, -0.2) is 18.6 Å². The minimum absolute atomic E-state index is 0.131. The zero-order valence-electron chi connectivity index (χ0n) is 6.12. The molecular weight excluding hydrogens is 200 g/mol. The molecule has 12 heavy (non-hydrogen) atoms. The van der Waals surface area contributed by atoms with Gasteiger partial charge in [-0.3, -0.25) is 5.10 Å². The molecule has 66 valence electrons. The van der Waals surface area contributed by atoms with E-state index in [0.29, 0.717) is 11.6 Å². The average molecular weight is 207 g/mol. The molecular formula is C6H7ClN2O2S. The normalized spacial score (nSPS) is 18.1. The molecule has 1 saturated carbocycles.